The molecule has 0 aliphatic rings. The summed E-state index contributed by atoms with van der Waals surface area (Å²) in [5.41, 5.74) is 12.5. The summed E-state index contributed by atoms with van der Waals surface area (Å²) in [5.74, 6) is 0.915. The van der Waals surface area contributed by atoms with Crippen LogP contribution >= 0.6 is 11.3 Å². The van der Waals surface area contributed by atoms with Crippen molar-refractivity contribution >= 4 is 64.3 Å². The average Bonchev–Trinajstić information content (AvgIpc) is 3.91. The minimum Gasteiger partial charge on any atom is -0.309 e. The van der Waals surface area contributed by atoms with Gasteiger partial charge in [0.2, 0.25) is 0 Å². The molecule has 0 saturated carbocycles. The SMILES string of the molecule is c1ccc(-c2cccc(-n3c(-c4cccc(-n5c6ccccc6c6cc(-c7cccc8c7sc7ccccc78)ccc65)c4)nc4ccccc43)c2)cc1. The van der Waals surface area contributed by atoms with Crippen LogP contribution < -0.4 is 0 Å². The van der Waals surface area contributed by atoms with Gasteiger partial charge in [0.1, 0.15) is 5.82 Å². The molecule has 0 N–H and O–H groups in total. The minimum atomic E-state index is 0.915. The number of rotatable bonds is 5. The van der Waals surface area contributed by atoms with Crippen molar-refractivity contribution in [1.29, 1.82) is 0 Å². The van der Waals surface area contributed by atoms with Crippen molar-refractivity contribution in [2.45, 2.75) is 0 Å². The van der Waals surface area contributed by atoms with Crippen LogP contribution in [0.25, 0.3) is 98.0 Å². The van der Waals surface area contributed by atoms with Gasteiger partial charge >= 0.3 is 0 Å². The number of nitrogens with zero attached hydrogens (tertiary/aromatic N) is 3. The van der Waals surface area contributed by atoms with Crippen molar-refractivity contribution in [3.63, 3.8) is 0 Å². The Labute approximate surface area is 310 Å². The molecule has 3 nitrogen and oxygen atoms in total. The maximum absolute atomic E-state index is 5.25. The summed E-state index contributed by atoms with van der Waals surface area (Å²) < 4.78 is 7.36. The summed E-state index contributed by atoms with van der Waals surface area (Å²) in [5, 5.41) is 5.12. The van der Waals surface area contributed by atoms with Crippen LogP contribution in [-0.4, -0.2) is 14.1 Å². The van der Waals surface area contributed by atoms with Gasteiger partial charge in [0.15, 0.2) is 0 Å². The molecule has 3 aromatic heterocycles. The highest BCUT2D eigenvalue weighted by Crippen LogP contribution is 2.42. The Morgan fingerprint density at radius 1 is 0.377 bits per heavy atom. The first-order chi connectivity index (χ1) is 26.3. The quantitative estimate of drug-likeness (QED) is 0.176. The van der Waals surface area contributed by atoms with Crippen molar-refractivity contribution in [2.75, 3.05) is 0 Å². The van der Waals surface area contributed by atoms with Crippen molar-refractivity contribution in [3.05, 3.63) is 188 Å². The van der Waals surface area contributed by atoms with Gasteiger partial charge in [-0.15, -0.1) is 11.3 Å². The second kappa shape index (κ2) is 11.9. The Kier molecular flexibility index (Phi) is 6.73. The summed E-state index contributed by atoms with van der Waals surface area (Å²) in [6, 6.07) is 67.8. The summed E-state index contributed by atoms with van der Waals surface area (Å²) in [4.78, 5) is 5.25. The van der Waals surface area contributed by atoms with E-state index in [9.17, 15) is 0 Å². The number of fused-ring (bicyclic) bond motifs is 7. The van der Waals surface area contributed by atoms with E-state index in [1.54, 1.807) is 0 Å². The fourth-order valence-corrected chi connectivity index (χ4v) is 9.35. The zero-order chi connectivity index (χ0) is 34.9. The normalized spacial score (nSPS) is 11.8. The molecule has 0 saturated heterocycles. The molecule has 0 spiro atoms. The van der Waals surface area contributed by atoms with Gasteiger partial charge in [-0.05, 0) is 82.9 Å². The molecule has 0 radical (unpaired) electrons. The van der Waals surface area contributed by atoms with Crippen molar-refractivity contribution in [3.8, 4) is 45.0 Å². The number of benzene rings is 8. The van der Waals surface area contributed by atoms with Gasteiger partial charge in [0.05, 0.1) is 22.1 Å². The van der Waals surface area contributed by atoms with Crippen LogP contribution in [-0.2, 0) is 0 Å². The van der Waals surface area contributed by atoms with Crippen molar-refractivity contribution in [1.82, 2.24) is 14.1 Å². The Balaban J connectivity index is 1.08. The molecule has 8 aromatic carbocycles. The van der Waals surface area contributed by atoms with E-state index in [-0.39, 0.29) is 0 Å². The average molecular weight is 694 g/mol. The smallest absolute Gasteiger partial charge is 0.145 e. The summed E-state index contributed by atoms with van der Waals surface area (Å²) in [6.07, 6.45) is 0. The van der Waals surface area contributed by atoms with Crippen molar-refractivity contribution in [2.24, 2.45) is 0 Å². The third-order valence-corrected chi connectivity index (χ3v) is 11.7. The Morgan fingerprint density at radius 3 is 1.91 bits per heavy atom. The molecule has 0 atom stereocenters. The Morgan fingerprint density at radius 2 is 1.02 bits per heavy atom. The second-order valence-corrected chi connectivity index (χ2v) is 14.6. The van der Waals surface area contributed by atoms with E-state index in [2.05, 4.69) is 197 Å². The molecule has 0 aliphatic carbocycles. The second-order valence-electron chi connectivity index (χ2n) is 13.6. The lowest BCUT2D eigenvalue weighted by Gasteiger charge is -2.13. The molecule has 11 rings (SSSR count). The molecule has 53 heavy (non-hydrogen) atoms. The van der Waals surface area contributed by atoms with E-state index in [0.29, 0.717) is 0 Å². The summed E-state index contributed by atoms with van der Waals surface area (Å²) >= 11 is 1.88. The molecular formula is C49H31N3S. The van der Waals surface area contributed by atoms with Crippen LogP contribution in [0.2, 0.25) is 0 Å². The number of hydrogen-bond donors (Lipinski definition) is 0. The van der Waals surface area contributed by atoms with Gasteiger partial charge in [0, 0.05) is 47.9 Å². The van der Waals surface area contributed by atoms with Crippen molar-refractivity contribution < 1.29 is 0 Å². The minimum absolute atomic E-state index is 0.915. The number of thiophene rings is 1. The van der Waals surface area contributed by atoms with Gasteiger partial charge in [-0.1, -0.05) is 127 Å². The number of imidazole rings is 1. The van der Waals surface area contributed by atoms with Gasteiger partial charge in [-0.3, -0.25) is 4.57 Å². The standard InChI is InChI=1S/C49H31N3S/c1-2-13-32(14-3-1)33-15-10-18-37(29-33)52-46-25-8-6-23-43(46)50-49(52)35-16-11-17-36(30-35)51-44-24-7-4-19-39(44)42-31-34(27-28-45(42)51)38-21-12-22-41-40-20-5-9-26-47(40)53-48(38)41/h1-31H. The fraction of sp³-hybridized carbons (Fsp3) is 0. The largest absolute Gasteiger partial charge is 0.309 e. The monoisotopic (exact) mass is 693 g/mol. The van der Waals surface area contributed by atoms with Crippen LogP contribution in [0.15, 0.2) is 188 Å². The lowest BCUT2D eigenvalue weighted by atomic mass is 10.0. The van der Waals surface area contributed by atoms with Crippen LogP contribution in [0.3, 0.4) is 0 Å². The van der Waals surface area contributed by atoms with Crippen LogP contribution in [0.5, 0.6) is 0 Å². The first-order valence-corrected chi connectivity index (χ1v) is 18.8. The topological polar surface area (TPSA) is 22.8 Å². The molecule has 0 amide bonds. The molecule has 0 fully saturated rings. The third-order valence-electron chi connectivity index (χ3n) is 10.5. The molecule has 0 unspecified atom stereocenters. The van der Waals surface area contributed by atoms with E-state index < -0.39 is 0 Å². The molecule has 0 bridgehead atoms. The predicted molar refractivity (Wildman–Crippen MR) is 225 cm³/mol. The molecule has 0 aliphatic heterocycles. The van der Waals surface area contributed by atoms with E-state index >= 15 is 0 Å². The van der Waals surface area contributed by atoms with Gasteiger partial charge in [-0.2, -0.15) is 0 Å². The molecule has 4 heteroatoms. The first kappa shape index (κ1) is 29.9. The summed E-state index contributed by atoms with van der Waals surface area (Å²) in [6.45, 7) is 0. The van der Waals surface area contributed by atoms with Crippen LogP contribution in [0.4, 0.5) is 0 Å². The molecule has 11 aromatic rings. The maximum Gasteiger partial charge on any atom is 0.145 e. The van der Waals surface area contributed by atoms with E-state index in [0.717, 1.165) is 33.8 Å². The van der Waals surface area contributed by atoms with Gasteiger partial charge < -0.3 is 4.57 Å². The highest BCUT2D eigenvalue weighted by atomic mass is 32.1. The fourth-order valence-electron chi connectivity index (χ4n) is 8.11. The lowest BCUT2D eigenvalue weighted by Crippen LogP contribution is -1.99. The van der Waals surface area contributed by atoms with Crippen LogP contribution in [0.1, 0.15) is 0 Å². The van der Waals surface area contributed by atoms with Crippen LogP contribution in [0, 0.1) is 0 Å². The highest BCUT2D eigenvalue weighted by molar-refractivity contribution is 7.26. The molecular weight excluding hydrogens is 663 g/mol. The first-order valence-electron chi connectivity index (χ1n) is 18.0. The van der Waals surface area contributed by atoms with Gasteiger partial charge in [0.25, 0.3) is 0 Å². The zero-order valence-corrected chi connectivity index (χ0v) is 29.5. The third kappa shape index (κ3) is 4.77. The molecule has 3 heterocycles. The maximum atomic E-state index is 5.25. The predicted octanol–water partition coefficient (Wildman–Crippen LogP) is 13.5. The Hall–Kier alpha value is -6.75. The van der Waals surface area contributed by atoms with Gasteiger partial charge in [-0.25, -0.2) is 4.98 Å². The molecule has 248 valence electrons. The lowest BCUT2D eigenvalue weighted by molar-refractivity contribution is 1.10. The van der Waals surface area contributed by atoms with E-state index in [1.807, 2.05) is 11.3 Å². The Bertz CT molecular complexity index is 3180. The number of aromatic nitrogens is 3. The zero-order valence-electron chi connectivity index (χ0n) is 28.6. The van der Waals surface area contributed by atoms with E-state index in [1.165, 1.54) is 64.2 Å². The number of hydrogen-bond acceptors (Lipinski definition) is 2. The number of para-hydroxylation sites is 3. The van der Waals surface area contributed by atoms with E-state index in [4.69, 9.17) is 4.98 Å². The highest BCUT2D eigenvalue weighted by Gasteiger charge is 2.19. The summed E-state index contributed by atoms with van der Waals surface area (Å²) in [7, 11) is 0.